The number of nitrogens with one attached hydrogen (secondary N) is 1. The smallest absolute Gasteiger partial charge is 0.296 e. The van der Waals surface area contributed by atoms with E-state index >= 15 is 0 Å². The van der Waals surface area contributed by atoms with Gasteiger partial charge in [-0.1, -0.05) is 23.7 Å². The zero-order valence-electron chi connectivity index (χ0n) is 13.9. The van der Waals surface area contributed by atoms with Crippen molar-refractivity contribution in [3.05, 3.63) is 35.4 Å². The first kappa shape index (κ1) is 16.8. The van der Waals surface area contributed by atoms with Crippen molar-refractivity contribution in [2.24, 2.45) is 0 Å². The Hall–Kier alpha value is -2.64. The van der Waals surface area contributed by atoms with E-state index in [0.29, 0.717) is 28.2 Å². The van der Waals surface area contributed by atoms with E-state index < -0.39 is 0 Å². The molecule has 1 aliphatic heterocycles. The lowest BCUT2D eigenvalue weighted by atomic mass is 10.1. The van der Waals surface area contributed by atoms with Gasteiger partial charge in [0.2, 0.25) is 0 Å². The maximum atomic E-state index is 10.4. The summed E-state index contributed by atoms with van der Waals surface area (Å²) in [6, 6.07) is 10.1. The van der Waals surface area contributed by atoms with E-state index in [4.69, 9.17) is 21.1 Å². The minimum atomic E-state index is -0.0661. The number of halogens is 1. The van der Waals surface area contributed by atoms with Crippen LogP contribution >= 0.6 is 11.6 Å². The number of fused-ring (bicyclic) bond motifs is 1. The van der Waals surface area contributed by atoms with E-state index in [2.05, 4.69) is 32.0 Å². The number of carbonyl (C=O) groups excluding carboxylic acids is 1. The van der Waals surface area contributed by atoms with Crippen LogP contribution in [0.25, 0.3) is 22.4 Å². The average Bonchev–Trinajstić information content (AvgIpc) is 3.08. The number of nitrogens with zero attached hydrogens (tertiary/aromatic N) is 3. The third-order valence-corrected chi connectivity index (χ3v) is 4.50. The summed E-state index contributed by atoms with van der Waals surface area (Å²) in [6.45, 7) is 3.21. The molecule has 0 atom stereocenters. The fourth-order valence-corrected chi connectivity index (χ4v) is 3.19. The number of anilines is 1. The minimum absolute atomic E-state index is 0.0661. The molecule has 0 aliphatic carbocycles. The fraction of sp³-hybridized carbons (Fsp3) is 0.278. The van der Waals surface area contributed by atoms with Crippen molar-refractivity contribution in [2.75, 3.05) is 37.8 Å². The number of hydrogen-bond acceptors (Lipinski definition) is 6. The Morgan fingerprint density at radius 2 is 2.00 bits per heavy atom. The number of rotatable bonds is 5. The highest BCUT2D eigenvalue weighted by Crippen LogP contribution is 2.30. The Morgan fingerprint density at radius 3 is 2.73 bits per heavy atom. The largest absolute Gasteiger partial charge is 0.457 e. The van der Waals surface area contributed by atoms with Crippen molar-refractivity contribution in [1.82, 2.24) is 15.0 Å². The van der Waals surface area contributed by atoms with Gasteiger partial charge in [-0.15, -0.1) is 0 Å². The lowest BCUT2D eigenvalue weighted by Crippen LogP contribution is -2.36. The maximum Gasteiger partial charge on any atom is 0.296 e. The van der Waals surface area contributed by atoms with Gasteiger partial charge in [0.05, 0.1) is 29.4 Å². The summed E-state index contributed by atoms with van der Waals surface area (Å²) in [6.07, 6.45) is 0.662. The summed E-state index contributed by atoms with van der Waals surface area (Å²) in [7, 11) is 0. The van der Waals surface area contributed by atoms with Gasteiger partial charge in [0, 0.05) is 24.3 Å². The second-order valence-corrected chi connectivity index (χ2v) is 6.26. The van der Waals surface area contributed by atoms with Gasteiger partial charge in [-0.05, 0) is 18.2 Å². The molecular weight excluding hydrogens is 356 g/mol. The summed E-state index contributed by atoms with van der Waals surface area (Å²) in [5.74, 6) is 0. The summed E-state index contributed by atoms with van der Waals surface area (Å²) >= 11 is 6.41. The van der Waals surface area contributed by atoms with Gasteiger partial charge in [0.15, 0.2) is 11.9 Å². The number of aldehydes is 1. The molecule has 26 heavy (non-hydrogen) atoms. The van der Waals surface area contributed by atoms with Crippen molar-refractivity contribution < 1.29 is 14.3 Å². The topological polar surface area (TPSA) is 80.3 Å². The minimum Gasteiger partial charge on any atom is -0.457 e. The molecule has 0 unspecified atom stereocenters. The van der Waals surface area contributed by atoms with Crippen LogP contribution in [-0.2, 0) is 9.53 Å². The molecule has 3 heterocycles. The number of H-pyrrole nitrogens is 1. The van der Waals surface area contributed by atoms with E-state index in [1.807, 2.05) is 12.1 Å². The number of ether oxygens (including phenoxy) is 2. The van der Waals surface area contributed by atoms with Gasteiger partial charge in [0.25, 0.3) is 6.01 Å². The van der Waals surface area contributed by atoms with Crippen LogP contribution in [0.15, 0.2) is 30.3 Å². The zero-order chi connectivity index (χ0) is 17.9. The van der Waals surface area contributed by atoms with Crippen molar-refractivity contribution in [3.63, 3.8) is 0 Å². The number of imidazole rings is 1. The van der Waals surface area contributed by atoms with Gasteiger partial charge in [0.1, 0.15) is 6.61 Å². The molecule has 0 spiro atoms. The summed E-state index contributed by atoms with van der Waals surface area (Å²) in [5, 5.41) is 0.516. The number of aromatic amines is 1. The van der Waals surface area contributed by atoms with Crippen molar-refractivity contribution >= 4 is 34.7 Å². The molecule has 1 saturated heterocycles. The second kappa shape index (κ2) is 7.31. The van der Waals surface area contributed by atoms with Crippen LogP contribution in [-0.4, -0.2) is 54.1 Å². The molecule has 0 amide bonds. The lowest BCUT2D eigenvalue weighted by Gasteiger charge is -2.28. The van der Waals surface area contributed by atoms with Crippen LogP contribution in [0.2, 0.25) is 5.02 Å². The van der Waals surface area contributed by atoms with Crippen LogP contribution < -0.4 is 9.64 Å². The molecule has 1 fully saturated rings. The van der Waals surface area contributed by atoms with Crippen LogP contribution in [0, 0.1) is 0 Å². The quantitative estimate of drug-likeness (QED) is 0.693. The Balaban J connectivity index is 1.62. The third kappa shape index (κ3) is 3.36. The van der Waals surface area contributed by atoms with E-state index in [1.54, 1.807) is 6.07 Å². The zero-order valence-corrected chi connectivity index (χ0v) is 14.7. The van der Waals surface area contributed by atoms with E-state index in [1.165, 1.54) is 0 Å². The predicted octanol–water partition coefficient (Wildman–Crippen LogP) is 2.69. The van der Waals surface area contributed by atoms with Crippen molar-refractivity contribution in [2.45, 2.75) is 0 Å². The molecule has 134 valence electrons. The maximum absolute atomic E-state index is 10.4. The standard InChI is InChI=1S/C18H17ClN4O3/c19-14-11-15-17(22-18(20-15)26-10-7-24)21-16(14)12-1-3-13(4-2-12)23-5-8-25-9-6-23/h1-4,7,11H,5-6,8-10H2,(H,20,21,22). The Labute approximate surface area is 154 Å². The van der Waals surface area contributed by atoms with Crippen molar-refractivity contribution in [1.29, 1.82) is 0 Å². The summed E-state index contributed by atoms with van der Waals surface area (Å²) in [5.41, 5.74) is 3.86. The highest BCUT2D eigenvalue weighted by Gasteiger charge is 2.14. The normalized spacial score (nSPS) is 14.6. The predicted molar refractivity (Wildman–Crippen MR) is 98.9 cm³/mol. The molecule has 1 N–H and O–H groups in total. The summed E-state index contributed by atoms with van der Waals surface area (Å²) in [4.78, 5) is 24.4. The van der Waals surface area contributed by atoms with Gasteiger partial charge in [-0.25, -0.2) is 4.98 Å². The molecule has 1 aliphatic rings. The lowest BCUT2D eigenvalue weighted by molar-refractivity contribution is -0.109. The number of hydrogen-bond donors (Lipinski definition) is 1. The fourth-order valence-electron chi connectivity index (χ4n) is 2.93. The number of morpholine rings is 1. The van der Waals surface area contributed by atoms with Crippen LogP contribution in [0.1, 0.15) is 0 Å². The highest BCUT2D eigenvalue weighted by atomic mass is 35.5. The van der Waals surface area contributed by atoms with Gasteiger partial charge in [-0.3, -0.25) is 4.79 Å². The number of carbonyl (C=O) groups is 1. The van der Waals surface area contributed by atoms with Gasteiger partial charge in [-0.2, -0.15) is 4.98 Å². The van der Waals surface area contributed by atoms with Crippen LogP contribution in [0.3, 0.4) is 0 Å². The Bertz CT molecular complexity index is 920. The van der Waals surface area contributed by atoms with E-state index in [-0.39, 0.29) is 12.6 Å². The average molecular weight is 373 g/mol. The van der Waals surface area contributed by atoms with E-state index in [0.717, 1.165) is 37.6 Å². The number of benzene rings is 1. The van der Waals surface area contributed by atoms with E-state index in [9.17, 15) is 4.79 Å². The van der Waals surface area contributed by atoms with Gasteiger partial charge < -0.3 is 19.4 Å². The molecule has 0 radical (unpaired) electrons. The molecule has 3 aromatic rings. The third-order valence-electron chi connectivity index (χ3n) is 4.21. The first-order valence-electron chi connectivity index (χ1n) is 8.30. The Morgan fingerprint density at radius 1 is 1.23 bits per heavy atom. The molecule has 2 aromatic heterocycles. The highest BCUT2D eigenvalue weighted by molar-refractivity contribution is 6.33. The van der Waals surface area contributed by atoms with Crippen molar-refractivity contribution in [3.8, 4) is 17.3 Å². The molecule has 8 heteroatoms. The van der Waals surface area contributed by atoms with Crippen LogP contribution in [0.4, 0.5) is 5.69 Å². The molecule has 7 nitrogen and oxygen atoms in total. The monoisotopic (exact) mass is 372 g/mol. The number of pyridine rings is 1. The second-order valence-electron chi connectivity index (χ2n) is 5.86. The van der Waals surface area contributed by atoms with Crippen LogP contribution in [0.5, 0.6) is 6.01 Å². The molecule has 1 aromatic carbocycles. The first-order valence-corrected chi connectivity index (χ1v) is 8.68. The SMILES string of the molecule is O=CCOc1nc2nc(-c3ccc(N4CCOCC4)cc3)c(Cl)cc2[nH]1. The molecule has 0 saturated carbocycles. The first-order chi connectivity index (χ1) is 12.7. The Kier molecular flexibility index (Phi) is 4.73. The van der Waals surface area contributed by atoms with Gasteiger partial charge >= 0.3 is 0 Å². The number of aromatic nitrogens is 3. The molecule has 0 bridgehead atoms. The molecular formula is C18H17ClN4O3. The summed E-state index contributed by atoms with van der Waals surface area (Å²) < 4.78 is 10.6. The molecule has 4 rings (SSSR count).